The number of benzene rings is 1. The maximum atomic E-state index is 12.0. The quantitative estimate of drug-likeness (QED) is 0.827. The number of piperazine rings is 1. The number of carbonyl (C=O) groups excluding carboxylic acids is 1. The minimum atomic E-state index is -0.0402. The zero-order chi connectivity index (χ0) is 14.5. The summed E-state index contributed by atoms with van der Waals surface area (Å²) in [5.41, 5.74) is 6.82. The zero-order valence-corrected chi connectivity index (χ0v) is 12.5. The summed E-state index contributed by atoms with van der Waals surface area (Å²) in [6.45, 7) is 7.52. The zero-order valence-electron chi connectivity index (χ0n) is 11.7. The van der Waals surface area contributed by atoms with Gasteiger partial charge in [-0.05, 0) is 24.7 Å². The van der Waals surface area contributed by atoms with E-state index in [2.05, 4.69) is 22.0 Å². The number of hydrogen-bond acceptors (Lipinski definition) is 4. The Hall–Kier alpha value is -1.30. The van der Waals surface area contributed by atoms with Crippen molar-refractivity contribution in [1.29, 1.82) is 0 Å². The second kappa shape index (κ2) is 6.92. The van der Waals surface area contributed by atoms with Crippen LogP contribution in [0, 0.1) is 0 Å². The molecule has 1 fully saturated rings. The number of hydrogen-bond donors (Lipinski definition) is 2. The van der Waals surface area contributed by atoms with Crippen LogP contribution in [-0.2, 0) is 4.79 Å². The van der Waals surface area contributed by atoms with E-state index in [4.69, 9.17) is 17.3 Å². The van der Waals surface area contributed by atoms with Gasteiger partial charge in [-0.15, -0.1) is 0 Å². The molecule has 1 aliphatic heterocycles. The highest BCUT2D eigenvalue weighted by Gasteiger charge is 2.18. The number of carbonyl (C=O) groups is 1. The molecule has 2 rings (SSSR count). The fourth-order valence-corrected chi connectivity index (χ4v) is 2.53. The van der Waals surface area contributed by atoms with Crippen LogP contribution in [0.5, 0.6) is 0 Å². The van der Waals surface area contributed by atoms with E-state index in [1.54, 1.807) is 18.2 Å². The first kappa shape index (κ1) is 15.1. The van der Waals surface area contributed by atoms with E-state index in [1.807, 2.05) is 0 Å². The molecule has 1 amide bonds. The molecule has 6 heteroatoms. The molecule has 0 spiro atoms. The van der Waals surface area contributed by atoms with Crippen LogP contribution in [0.1, 0.15) is 6.92 Å². The molecule has 3 N–H and O–H groups in total. The van der Waals surface area contributed by atoms with Crippen molar-refractivity contribution in [2.24, 2.45) is 0 Å². The van der Waals surface area contributed by atoms with Crippen LogP contribution in [-0.4, -0.2) is 55.0 Å². The van der Waals surface area contributed by atoms with Crippen molar-refractivity contribution < 1.29 is 4.79 Å². The maximum absolute atomic E-state index is 12.0. The standard InChI is InChI=1S/C14H21ClN4O/c1-2-18-5-7-19(8-6-18)10-14(20)17-13-4-3-11(16)9-12(13)15/h3-4,9H,2,5-8,10,16H2,1H3,(H,17,20). The molecule has 20 heavy (non-hydrogen) atoms. The number of nitrogen functional groups attached to an aromatic ring is 1. The first-order valence-electron chi connectivity index (χ1n) is 6.88. The number of nitrogens with one attached hydrogen (secondary N) is 1. The number of anilines is 2. The summed E-state index contributed by atoms with van der Waals surface area (Å²) in [6.07, 6.45) is 0. The predicted octanol–water partition coefficient (Wildman–Crippen LogP) is 1.50. The van der Waals surface area contributed by atoms with E-state index in [-0.39, 0.29) is 5.91 Å². The molecule has 1 aromatic carbocycles. The Morgan fingerprint density at radius 2 is 1.95 bits per heavy atom. The first-order chi connectivity index (χ1) is 9.58. The Balaban J connectivity index is 1.84. The van der Waals surface area contributed by atoms with Crippen LogP contribution in [0.4, 0.5) is 11.4 Å². The summed E-state index contributed by atoms with van der Waals surface area (Å²) >= 11 is 6.04. The van der Waals surface area contributed by atoms with Crippen molar-refractivity contribution in [3.05, 3.63) is 23.2 Å². The number of nitrogens with two attached hydrogens (primary N) is 1. The van der Waals surface area contributed by atoms with Crippen molar-refractivity contribution in [2.45, 2.75) is 6.92 Å². The number of amides is 1. The second-order valence-electron chi connectivity index (χ2n) is 5.00. The highest BCUT2D eigenvalue weighted by Crippen LogP contribution is 2.23. The molecule has 0 unspecified atom stereocenters. The minimum absolute atomic E-state index is 0.0402. The molecule has 5 nitrogen and oxygen atoms in total. The number of nitrogens with zero attached hydrogens (tertiary/aromatic N) is 2. The third-order valence-corrected chi connectivity index (χ3v) is 3.86. The summed E-state index contributed by atoms with van der Waals surface area (Å²) in [5.74, 6) is -0.0402. The fourth-order valence-electron chi connectivity index (χ4n) is 2.29. The highest BCUT2D eigenvalue weighted by atomic mass is 35.5. The molecule has 0 aliphatic carbocycles. The van der Waals surface area contributed by atoms with E-state index < -0.39 is 0 Å². The van der Waals surface area contributed by atoms with Crippen LogP contribution in [0.15, 0.2) is 18.2 Å². The van der Waals surface area contributed by atoms with Gasteiger partial charge in [0.2, 0.25) is 5.91 Å². The number of halogens is 1. The Morgan fingerprint density at radius 1 is 1.30 bits per heavy atom. The normalized spacial score (nSPS) is 17.1. The average molecular weight is 297 g/mol. The summed E-state index contributed by atoms with van der Waals surface area (Å²) in [5, 5.41) is 3.30. The van der Waals surface area contributed by atoms with Gasteiger partial charge in [0.1, 0.15) is 0 Å². The summed E-state index contributed by atoms with van der Waals surface area (Å²) in [7, 11) is 0. The van der Waals surface area contributed by atoms with Gasteiger partial charge < -0.3 is 16.0 Å². The monoisotopic (exact) mass is 296 g/mol. The summed E-state index contributed by atoms with van der Waals surface area (Å²) in [6, 6.07) is 5.09. The molecule has 1 heterocycles. The van der Waals surface area contributed by atoms with E-state index in [0.717, 1.165) is 32.7 Å². The van der Waals surface area contributed by atoms with Gasteiger partial charge in [-0.1, -0.05) is 18.5 Å². The largest absolute Gasteiger partial charge is 0.399 e. The maximum Gasteiger partial charge on any atom is 0.238 e. The highest BCUT2D eigenvalue weighted by molar-refractivity contribution is 6.34. The lowest BCUT2D eigenvalue weighted by Gasteiger charge is -2.33. The fraction of sp³-hybridized carbons (Fsp3) is 0.500. The minimum Gasteiger partial charge on any atom is -0.399 e. The van der Waals surface area contributed by atoms with Crippen molar-refractivity contribution >= 4 is 28.9 Å². The summed E-state index contributed by atoms with van der Waals surface area (Å²) < 4.78 is 0. The van der Waals surface area contributed by atoms with Gasteiger partial charge in [0, 0.05) is 31.9 Å². The SMILES string of the molecule is CCN1CCN(CC(=O)Nc2ccc(N)cc2Cl)CC1. The lowest BCUT2D eigenvalue weighted by Crippen LogP contribution is -2.48. The van der Waals surface area contributed by atoms with Gasteiger partial charge in [0.05, 0.1) is 17.3 Å². The van der Waals surface area contributed by atoms with Gasteiger partial charge in [-0.3, -0.25) is 9.69 Å². The van der Waals surface area contributed by atoms with Gasteiger partial charge in [-0.25, -0.2) is 0 Å². The molecule has 0 saturated carbocycles. The third-order valence-electron chi connectivity index (χ3n) is 3.55. The lowest BCUT2D eigenvalue weighted by molar-refractivity contribution is -0.117. The molecule has 1 aliphatic rings. The summed E-state index contributed by atoms with van der Waals surface area (Å²) in [4.78, 5) is 16.6. The molecule has 1 saturated heterocycles. The van der Waals surface area contributed by atoms with Crippen molar-refractivity contribution in [1.82, 2.24) is 9.80 Å². The molecular formula is C14H21ClN4O. The molecule has 0 atom stereocenters. The van der Waals surface area contributed by atoms with Crippen LogP contribution in [0.25, 0.3) is 0 Å². The molecule has 0 bridgehead atoms. The van der Waals surface area contributed by atoms with Gasteiger partial charge in [0.25, 0.3) is 0 Å². The Kier molecular flexibility index (Phi) is 5.23. The van der Waals surface area contributed by atoms with Crippen molar-refractivity contribution in [3.8, 4) is 0 Å². The predicted molar refractivity (Wildman–Crippen MR) is 83.0 cm³/mol. The van der Waals surface area contributed by atoms with Crippen LogP contribution >= 0.6 is 11.6 Å². The third kappa shape index (κ3) is 4.10. The van der Waals surface area contributed by atoms with Crippen LogP contribution < -0.4 is 11.1 Å². The second-order valence-corrected chi connectivity index (χ2v) is 5.41. The van der Waals surface area contributed by atoms with Crippen LogP contribution in [0.2, 0.25) is 5.02 Å². The Bertz CT molecular complexity index is 472. The lowest BCUT2D eigenvalue weighted by atomic mass is 10.2. The Morgan fingerprint density at radius 3 is 2.55 bits per heavy atom. The van der Waals surface area contributed by atoms with E-state index in [9.17, 15) is 4.79 Å². The van der Waals surface area contributed by atoms with Crippen molar-refractivity contribution in [2.75, 3.05) is 50.3 Å². The van der Waals surface area contributed by atoms with Gasteiger partial charge in [0.15, 0.2) is 0 Å². The topological polar surface area (TPSA) is 61.6 Å². The van der Waals surface area contributed by atoms with E-state index in [1.165, 1.54) is 0 Å². The van der Waals surface area contributed by atoms with Gasteiger partial charge >= 0.3 is 0 Å². The smallest absolute Gasteiger partial charge is 0.238 e. The van der Waals surface area contributed by atoms with E-state index >= 15 is 0 Å². The molecule has 1 aromatic rings. The molecular weight excluding hydrogens is 276 g/mol. The Labute approximate surface area is 124 Å². The number of likely N-dealkylation sites (N-methyl/N-ethyl adjacent to an activating group) is 1. The van der Waals surface area contributed by atoms with Gasteiger partial charge in [-0.2, -0.15) is 0 Å². The molecule has 0 radical (unpaired) electrons. The first-order valence-corrected chi connectivity index (χ1v) is 7.26. The van der Waals surface area contributed by atoms with E-state index in [0.29, 0.717) is 22.9 Å². The number of rotatable bonds is 4. The van der Waals surface area contributed by atoms with Crippen LogP contribution in [0.3, 0.4) is 0 Å². The molecule has 110 valence electrons. The molecule has 0 aromatic heterocycles. The average Bonchev–Trinajstić information content (AvgIpc) is 2.43. The van der Waals surface area contributed by atoms with Crippen molar-refractivity contribution in [3.63, 3.8) is 0 Å².